The molecule has 0 saturated heterocycles. The van der Waals surface area contributed by atoms with Crippen LogP contribution in [0.3, 0.4) is 0 Å². The minimum atomic E-state index is -1.35. The number of hydrogen-bond acceptors (Lipinski definition) is 2. The van der Waals surface area contributed by atoms with E-state index in [1.54, 1.807) is 6.07 Å². The summed E-state index contributed by atoms with van der Waals surface area (Å²) in [5.41, 5.74) is 1.79. The molecule has 0 bridgehead atoms. The molecule has 0 aliphatic rings. The zero-order chi connectivity index (χ0) is 11.8. The van der Waals surface area contributed by atoms with Gasteiger partial charge in [0, 0.05) is 0 Å². The molecule has 0 amide bonds. The van der Waals surface area contributed by atoms with Crippen LogP contribution in [0.25, 0.3) is 0 Å². The lowest BCUT2D eigenvalue weighted by atomic mass is 9.79. The predicted molar refractivity (Wildman–Crippen MR) is 68.7 cm³/mol. The van der Waals surface area contributed by atoms with Gasteiger partial charge in [-0.2, -0.15) is 0 Å². The summed E-state index contributed by atoms with van der Waals surface area (Å²) in [6, 6.07) is 7.55. The molecule has 0 aromatic heterocycles. The molecule has 2 nitrogen and oxygen atoms in total. The van der Waals surface area contributed by atoms with Gasteiger partial charge in [0.25, 0.3) is 0 Å². The topological polar surface area (TPSA) is 40.5 Å². The van der Waals surface area contributed by atoms with Gasteiger partial charge in [-0.25, -0.2) is 0 Å². The Balaban J connectivity index is 2.33. The summed E-state index contributed by atoms with van der Waals surface area (Å²) < 4.78 is 0. The highest BCUT2D eigenvalue weighted by Gasteiger charge is 2.10. The summed E-state index contributed by atoms with van der Waals surface area (Å²) in [4.78, 5) is 0. The lowest BCUT2D eigenvalue weighted by molar-refractivity contribution is 0.425. The van der Waals surface area contributed by atoms with E-state index in [-0.39, 0.29) is 0 Å². The largest absolute Gasteiger partial charge is 0.488 e. The molecule has 3 heteroatoms. The molecule has 0 radical (unpaired) electrons. The molecule has 0 aliphatic carbocycles. The van der Waals surface area contributed by atoms with E-state index in [9.17, 15) is 0 Å². The zero-order valence-corrected chi connectivity index (χ0v) is 10.0. The Kier molecular flexibility index (Phi) is 6.20. The second kappa shape index (κ2) is 7.47. The molecule has 16 heavy (non-hydrogen) atoms. The van der Waals surface area contributed by atoms with Gasteiger partial charge in [0.2, 0.25) is 0 Å². The van der Waals surface area contributed by atoms with E-state index < -0.39 is 7.12 Å². The highest BCUT2D eigenvalue weighted by Crippen LogP contribution is 2.08. The van der Waals surface area contributed by atoms with E-state index in [0.717, 1.165) is 6.42 Å². The molecule has 0 unspecified atom stereocenters. The summed E-state index contributed by atoms with van der Waals surface area (Å²) in [6.45, 7) is 2.21. The molecular formula is C13H21BO2. The zero-order valence-electron chi connectivity index (χ0n) is 10.0. The van der Waals surface area contributed by atoms with Crippen molar-refractivity contribution in [1.29, 1.82) is 0 Å². The molecule has 0 atom stereocenters. The normalized spacial score (nSPS) is 10.4. The van der Waals surface area contributed by atoms with Crippen LogP contribution in [0, 0.1) is 0 Å². The van der Waals surface area contributed by atoms with Crippen LogP contribution in [-0.4, -0.2) is 17.2 Å². The van der Waals surface area contributed by atoms with Crippen molar-refractivity contribution >= 4 is 12.6 Å². The van der Waals surface area contributed by atoms with Gasteiger partial charge in [-0.15, -0.1) is 0 Å². The second-order valence-electron chi connectivity index (χ2n) is 4.28. The van der Waals surface area contributed by atoms with Gasteiger partial charge >= 0.3 is 7.12 Å². The summed E-state index contributed by atoms with van der Waals surface area (Å²) in [5, 5.41) is 18.1. The maximum Gasteiger partial charge on any atom is 0.488 e. The second-order valence-corrected chi connectivity index (χ2v) is 4.28. The minimum Gasteiger partial charge on any atom is -0.423 e. The minimum absolute atomic E-state index is 0.589. The fraction of sp³-hybridized carbons (Fsp3) is 0.538. The van der Waals surface area contributed by atoms with Crippen LogP contribution in [0.2, 0.25) is 0 Å². The summed E-state index contributed by atoms with van der Waals surface area (Å²) in [6.07, 6.45) is 7.37. The molecule has 0 aliphatic heterocycles. The molecule has 1 aromatic rings. The van der Waals surface area contributed by atoms with E-state index in [1.165, 1.54) is 37.7 Å². The van der Waals surface area contributed by atoms with E-state index in [0.29, 0.717) is 5.46 Å². The summed E-state index contributed by atoms with van der Waals surface area (Å²) in [5.74, 6) is 0. The lowest BCUT2D eigenvalue weighted by Gasteiger charge is -2.04. The standard InChI is InChI=1S/C13H21BO2/c1-2-3-4-5-6-8-12-9-7-10-13(11-12)14(15)16/h7,9-11,15-16H,2-6,8H2,1H3. The maximum absolute atomic E-state index is 9.05. The van der Waals surface area contributed by atoms with Crippen LogP contribution in [0.5, 0.6) is 0 Å². The maximum atomic E-state index is 9.05. The smallest absolute Gasteiger partial charge is 0.423 e. The Morgan fingerprint density at radius 1 is 1.06 bits per heavy atom. The van der Waals surface area contributed by atoms with Gasteiger partial charge in [-0.1, -0.05) is 56.9 Å². The van der Waals surface area contributed by atoms with Crippen molar-refractivity contribution in [2.75, 3.05) is 0 Å². The first kappa shape index (κ1) is 13.3. The van der Waals surface area contributed by atoms with Crippen molar-refractivity contribution in [3.63, 3.8) is 0 Å². The molecule has 0 saturated carbocycles. The molecule has 1 aromatic carbocycles. The van der Waals surface area contributed by atoms with E-state index >= 15 is 0 Å². The molecule has 2 N–H and O–H groups in total. The first-order valence-electron chi connectivity index (χ1n) is 6.19. The fourth-order valence-electron chi connectivity index (χ4n) is 1.84. The summed E-state index contributed by atoms with van der Waals surface area (Å²) >= 11 is 0. The Labute approximate surface area is 98.5 Å². The molecule has 0 heterocycles. The number of benzene rings is 1. The SMILES string of the molecule is CCCCCCCc1cccc(B(O)O)c1. The lowest BCUT2D eigenvalue weighted by Crippen LogP contribution is -2.29. The Morgan fingerprint density at radius 2 is 1.81 bits per heavy atom. The number of rotatable bonds is 7. The monoisotopic (exact) mass is 220 g/mol. The van der Waals surface area contributed by atoms with E-state index in [4.69, 9.17) is 10.0 Å². The molecule has 0 fully saturated rings. The number of unbranched alkanes of at least 4 members (excludes halogenated alkanes) is 4. The van der Waals surface area contributed by atoms with Gasteiger partial charge < -0.3 is 10.0 Å². The highest BCUT2D eigenvalue weighted by molar-refractivity contribution is 6.58. The van der Waals surface area contributed by atoms with Crippen molar-refractivity contribution in [2.24, 2.45) is 0 Å². The van der Waals surface area contributed by atoms with Gasteiger partial charge in [-0.3, -0.25) is 0 Å². The first-order valence-corrected chi connectivity index (χ1v) is 6.19. The Bertz CT molecular complexity index is 300. The van der Waals surface area contributed by atoms with Crippen LogP contribution in [-0.2, 0) is 6.42 Å². The van der Waals surface area contributed by atoms with Gasteiger partial charge in [-0.05, 0) is 23.9 Å². The number of hydrogen-bond donors (Lipinski definition) is 2. The average molecular weight is 220 g/mol. The molecule has 1 rings (SSSR count). The van der Waals surface area contributed by atoms with Crippen molar-refractivity contribution in [3.8, 4) is 0 Å². The van der Waals surface area contributed by atoms with E-state index in [1.807, 2.05) is 18.2 Å². The average Bonchev–Trinajstić information content (AvgIpc) is 2.29. The van der Waals surface area contributed by atoms with Gasteiger partial charge in [0.05, 0.1) is 0 Å². The van der Waals surface area contributed by atoms with Crippen LogP contribution in [0.15, 0.2) is 24.3 Å². The quantitative estimate of drug-likeness (QED) is 0.544. The highest BCUT2D eigenvalue weighted by atomic mass is 16.4. The first-order chi connectivity index (χ1) is 7.74. The molecule has 88 valence electrons. The van der Waals surface area contributed by atoms with Crippen molar-refractivity contribution < 1.29 is 10.0 Å². The van der Waals surface area contributed by atoms with Gasteiger partial charge in [0.1, 0.15) is 0 Å². The van der Waals surface area contributed by atoms with Crippen molar-refractivity contribution in [2.45, 2.75) is 45.4 Å². The number of aryl methyl sites for hydroxylation is 1. The van der Waals surface area contributed by atoms with Crippen LogP contribution in [0.4, 0.5) is 0 Å². The molecular weight excluding hydrogens is 199 g/mol. The van der Waals surface area contributed by atoms with E-state index in [2.05, 4.69) is 6.92 Å². The van der Waals surface area contributed by atoms with Crippen LogP contribution >= 0.6 is 0 Å². The third kappa shape index (κ3) is 4.82. The van der Waals surface area contributed by atoms with Crippen LogP contribution in [0.1, 0.15) is 44.6 Å². The van der Waals surface area contributed by atoms with Crippen LogP contribution < -0.4 is 5.46 Å². The van der Waals surface area contributed by atoms with Crippen molar-refractivity contribution in [3.05, 3.63) is 29.8 Å². The summed E-state index contributed by atoms with van der Waals surface area (Å²) in [7, 11) is -1.35. The Hall–Kier alpha value is -0.795. The fourth-order valence-corrected chi connectivity index (χ4v) is 1.84. The van der Waals surface area contributed by atoms with Crippen molar-refractivity contribution in [1.82, 2.24) is 0 Å². The predicted octanol–water partition coefficient (Wildman–Crippen LogP) is 1.88. The third-order valence-corrected chi connectivity index (χ3v) is 2.82. The third-order valence-electron chi connectivity index (χ3n) is 2.82. The molecule has 0 spiro atoms. The van der Waals surface area contributed by atoms with Gasteiger partial charge in [0.15, 0.2) is 0 Å². The Morgan fingerprint density at radius 3 is 2.50 bits per heavy atom.